The van der Waals surface area contributed by atoms with E-state index in [1.165, 1.54) is 24.8 Å². The standard InChI is InChI=1S/C13H24/c1-6-11(5)13-8-10(4)7-12(13)9(2)3/h9-10,12-13H,5-8H2,1-4H3. The van der Waals surface area contributed by atoms with Crippen molar-refractivity contribution in [1.29, 1.82) is 0 Å². The molecular formula is C13H24. The summed E-state index contributed by atoms with van der Waals surface area (Å²) in [6, 6.07) is 0. The summed E-state index contributed by atoms with van der Waals surface area (Å²) >= 11 is 0. The first kappa shape index (κ1) is 10.8. The predicted octanol–water partition coefficient (Wildman–Crippen LogP) is 4.27. The molecule has 3 unspecified atom stereocenters. The van der Waals surface area contributed by atoms with Crippen LogP contribution in [0, 0.1) is 23.7 Å². The van der Waals surface area contributed by atoms with Crippen molar-refractivity contribution < 1.29 is 0 Å². The molecule has 0 heterocycles. The monoisotopic (exact) mass is 180 g/mol. The van der Waals surface area contributed by atoms with E-state index in [0.29, 0.717) is 0 Å². The van der Waals surface area contributed by atoms with E-state index in [-0.39, 0.29) is 0 Å². The van der Waals surface area contributed by atoms with Crippen molar-refractivity contribution in [2.45, 2.75) is 47.0 Å². The van der Waals surface area contributed by atoms with Gasteiger partial charge in [-0.05, 0) is 42.9 Å². The Morgan fingerprint density at radius 2 is 2.00 bits per heavy atom. The molecule has 76 valence electrons. The molecule has 0 aromatic heterocycles. The van der Waals surface area contributed by atoms with Crippen molar-refractivity contribution in [3.05, 3.63) is 12.2 Å². The van der Waals surface area contributed by atoms with Crippen LogP contribution in [0.4, 0.5) is 0 Å². The molecule has 1 fully saturated rings. The van der Waals surface area contributed by atoms with Gasteiger partial charge in [-0.25, -0.2) is 0 Å². The Balaban J connectivity index is 2.66. The first-order chi connectivity index (χ1) is 6.06. The zero-order chi connectivity index (χ0) is 10.0. The van der Waals surface area contributed by atoms with Crippen LogP contribution in [0.5, 0.6) is 0 Å². The zero-order valence-corrected chi connectivity index (χ0v) is 9.64. The molecule has 0 saturated heterocycles. The topological polar surface area (TPSA) is 0 Å². The van der Waals surface area contributed by atoms with Gasteiger partial charge in [0.1, 0.15) is 0 Å². The van der Waals surface area contributed by atoms with Crippen LogP contribution in [0.3, 0.4) is 0 Å². The van der Waals surface area contributed by atoms with E-state index in [2.05, 4.69) is 34.3 Å². The van der Waals surface area contributed by atoms with Gasteiger partial charge in [-0.1, -0.05) is 39.8 Å². The largest absolute Gasteiger partial charge is 0.0996 e. The summed E-state index contributed by atoms with van der Waals surface area (Å²) in [4.78, 5) is 0. The highest BCUT2D eigenvalue weighted by Gasteiger charge is 2.34. The van der Waals surface area contributed by atoms with E-state index < -0.39 is 0 Å². The van der Waals surface area contributed by atoms with E-state index in [1.54, 1.807) is 0 Å². The Bertz CT molecular complexity index is 178. The smallest absolute Gasteiger partial charge is 0.0173 e. The average Bonchev–Trinajstić information content (AvgIpc) is 2.46. The molecule has 0 aliphatic heterocycles. The van der Waals surface area contributed by atoms with Crippen molar-refractivity contribution >= 4 is 0 Å². The Labute approximate surface area is 83.4 Å². The van der Waals surface area contributed by atoms with Crippen LogP contribution in [0.1, 0.15) is 47.0 Å². The predicted molar refractivity (Wildman–Crippen MR) is 59.6 cm³/mol. The van der Waals surface area contributed by atoms with Crippen LogP contribution in [-0.4, -0.2) is 0 Å². The van der Waals surface area contributed by atoms with Crippen LogP contribution in [0.2, 0.25) is 0 Å². The van der Waals surface area contributed by atoms with Crippen LogP contribution in [0.25, 0.3) is 0 Å². The fourth-order valence-corrected chi connectivity index (χ4v) is 2.80. The Hall–Kier alpha value is -0.260. The molecule has 0 heteroatoms. The number of rotatable bonds is 3. The second-order valence-corrected chi connectivity index (χ2v) is 5.10. The average molecular weight is 180 g/mol. The maximum Gasteiger partial charge on any atom is -0.0173 e. The molecule has 0 N–H and O–H groups in total. The summed E-state index contributed by atoms with van der Waals surface area (Å²) in [5.41, 5.74) is 1.49. The van der Waals surface area contributed by atoms with E-state index >= 15 is 0 Å². The van der Waals surface area contributed by atoms with Gasteiger partial charge in [0.15, 0.2) is 0 Å². The third-order valence-corrected chi connectivity index (χ3v) is 3.68. The summed E-state index contributed by atoms with van der Waals surface area (Å²) in [6.07, 6.45) is 3.97. The van der Waals surface area contributed by atoms with Gasteiger partial charge in [-0.3, -0.25) is 0 Å². The van der Waals surface area contributed by atoms with Gasteiger partial charge < -0.3 is 0 Å². The minimum Gasteiger partial charge on any atom is -0.0996 e. The quantitative estimate of drug-likeness (QED) is 0.569. The molecular weight excluding hydrogens is 156 g/mol. The van der Waals surface area contributed by atoms with E-state index in [9.17, 15) is 0 Å². The fourth-order valence-electron chi connectivity index (χ4n) is 2.80. The van der Waals surface area contributed by atoms with Gasteiger partial charge in [0.25, 0.3) is 0 Å². The highest BCUT2D eigenvalue weighted by atomic mass is 14.4. The third-order valence-electron chi connectivity index (χ3n) is 3.68. The number of hydrogen-bond donors (Lipinski definition) is 0. The summed E-state index contributed by atoms with van der Waals surface area (Å²) in [7, 11) is 0. The molecule has 0 nitrogen and oxygen atoms in total. The van der Waals surface area contributed by atoms with Gasteiger partial charge in [0.05, 0.1) is 0 Å². The molecule has 0 radical (unpaired) electrons. The van der Waals surface area contributed by atoms with E-state index in [1.807, 2.05) is 0 Å². The first-order valence-electron chi connectivity index (χ1n) is 5.73. The van der Waals surface area contributed by atoms with Gasteiger partial charge in [0.2, 0.25) is 0 Å². The van der Waals surface area contributed by atoms with Crippen molar-refractivity contribution in [3.63, 3.8) is 0 Å². The van der Waals surface area contributed by atoms with Gasteiger partial charge in [0, 0.05) is 0 Å². The lowest BCUT2D eigenvalue weighted by atomic mass is 9.81. The van der Waals surface area contributed by atoms with Crippen molar-refractivity contribution in [2.24, 2.45) is 23.7 Å². The molecule has 0 bridgehead atoms. The van der Waals surface area contributed by atoms with Crippen molar-refractivity contribution in [1.82, 2.24) is 0 Å². The lowest BCUT2D eigenvalue weighted by molar-refractivity contribution is 0.322. The molecule has 1 saturated carbocycles. The minimum absolute atomic E-state index is 0.819. The molecule has 0 spiro atoms. The van der Waals surface area contributed by atoms with Gasteiger partial charge in [-0.2, -0.15) is 0 Å². The van der Waals surface area contributed by atoms with Gasteiger partial charge in [-0.15, -0.1) is 0 Å². The molecule has 0 amide bonds. The fraction of sp³-hybridized carbons (Fsp3) is 0.846. The Morgan fingerprint density at radius 1 is 1.38 bits per heavy atom. The molecule has 3 atom stereocenters. The second-order valence-electron chi connectivity index (χ2n) is 5.10. The van der Waals surface area contributed by atoms with Gasteiger partial charge >= 0.3 is 0 Å². The second kappa shape index (κ2) is 4.30. The maximum atomic E-state index is 4.22. The maximum absolute atomic E-state index is 4.22. The van der Waals surface area contributed by atoms with Crippen molar-refractivity contribution in [2.75, 3.05) is 0 Å². The minimum atomic E-state index is 0.819. The molecule has 1 aliphatic carbocycles. The molecule has 0 aromatic carbocycles. The third kappa shape index (κ3) is 2.36. The van der Waals surface area contributed by atoms with E-state index in [4.69, 9.17) is 0 Å². The lowest BCUT2D eigenvalue weighted by Crippen LogP contribution is -2.15. The normalized spacial score (nSPS) is 34.1. The molecule has 1 aliphatic rings. The summed E-state index contributed by atoms with van der Waals surface area (Å²) < 4.78 is 0. The molecule has 1 rings (SSSR count). The SMILES string of the molecule is C=C(CC)C1CC(C)CC1C(C)C. The van der Waals surface area contributed by atoms with Crippen LogP contribution in [-0.2, 0) is 0 Å². The molecule has 0 aromatic rings. The Morgan fingerprint density at radius 3 is 2.46 bits per heavy atom. The summed E-state index contributed by atoms with van der Waals surface area (Å²) in [5, 5.41) is 0. The summed E-state index contributed by atoms with van der Waals surface area (Å²) in [6.45, 7) is 13.6. The van der Waals surface area contributed by atoms with Crippen LogP contribution in [0.15, 0.2) is 12.2 Å². The highest BCUT2D eigenvalue weighted by molar-refractivity contribution is 5.06. The van der Waals surface area contributed by atoms with Crippen LogP contribution >= 0.6 is 0 Å². The van der Waals surface area contributed by atoms with E-state index in [0.717, 1.165) is 23.7 Å². The molecule has 13 heavy (non-hydrogen) atoms. The number of hydrogen-bond acceptors (Lipinski definition) is 0. The van der Waals surface area contributed by atoms with Crippen LogP contribution < -0.4 is 0 Å². The number of allylic oxidation sites excluding steroid dienone is 1. The summed E-state index contributed by atoms with van der Waals surface area (Å²) in [5.74, 6) is 3.47. The Kier molecular flexibility index (Phi) is 3.58. The zero-order valence-electron chi connectivity index (χ0n) is 9.64. The lowest BCUT2D eigenvalue weighted by Gasteiger charge is -2.24. The first-order valence-corrected chi connectivity index (χ1v) is 5.73. The van der Waals surface area contributed by atoms with Crippen molar-refractivity contribution in [3.8, 4) is 0 Å². The highest BCUT2D eigenvalue weighted by Crippen LogP contribution is 2.44.